The zero-order valence-corrected chi connectivity index (χ0v) is 16.1. The minimum Gasteiger partial charge on any atom is -0.493 e. The minimum atomic E-state index is -0.340. The molecule has 27 heavy (non-hydrogen) atoms. The number of hydrogen-bond donors (Lipinski definition) is 1. The van der Waals surface area contributed by atoms with Gasteiger partial charge < -0.3 is 14.4 Å². The van der Waals surface area contributed by atoms with Crippen molar-refractivity contribution in [3.63, 3.8) is 0 Å². The largest absolute Gasteiger partial charge is 0.493 e. The molecule has 1 aliphatic carbocycles. The number of methoxy groups -OCH3 is 1. The van der Waals surface area contributed by atoms with Crippen molar-refractivity contribution < 1.29 is 19.1 Å². The maximum absolute atomic E-state index is 11.6. The first-order chi connectivity index (χ1) is 13.1. The van der Waals surface area contributed by atoms with Crippen LogP contribution in [0, 0.1) is 0 Å². The number of benzene rings is 1. The van der Waals surface area contributed by atoms with Crippen LogP contribution in [0.2, 0.25) is 0 Å². The summed E-state index contributed by atoms with van der Waals surface area (Å²) in [5, 5.41) is 0. The Kier molecular flexibility index (Phi) is 5.00. The third-order valence-electron chi connectivity index (χ3n) is 5.90. The van der Waals surface area contributed by atoms with E-state index in [1.807, 2.05) is 23.1 Å². The first kappa shape index (κ1) is 18.2. The number of nitrogens with one attached hydrogen (secondary N) is 1. The first-order valence-electron chi connectivity index (χ1n) is 9.86. The van der Waals surface area contributed by atoms with Gasteiger partial charge in [-0.2, -0.15) is 0 Å². The van der Waals surface area contributed by atoms with Crippen molar-refractivity contribution in [2.24, 2.45) is 0 Å². The fourth-order valence-electron chi connectivity index (χ4n) is 4.19. The Bertz CT molecular complexity index is 732. The number of hydroxylamine groups is 1. The van der Waals surface area contributed by atoms with Gasteiger partial charge in [0.2, 0.25) is 5.91 Å². The zero-order chi connectivity index (χ0) is 18.9. The lowest BCUT2D eigenvalue weighted by molar-refractivity contribution is -0.134. The average Bonchev–Trinajstić information content (AvgIpc) is 3.33. The molecule has 4 rings (SSSR count). The molecule has 146 valence electrons. The molecule has 1 aromatic rings. The average molecular weight is 372 g/mol. The second-order valence-corrected chi connectivity index (χ2v) is 7.72. The van der Waals surface area contributed by atoms with Crippen LogP contribution in [0.1, 0.15) is 51.0 Å². The van der Waals surface area contributed by atoms with Crippen molar-refractivity contribution in [1.29, 1.82) is 0 Å². The lowest BCUT2D eigenvalue weighted by Gasteiger charge is -2.36. The summed E-state index contributed by atoms with van der Waals surface area (Å²) < 4.78 is 11.7. The Morgan fingerprint density at radius 3 is 2.63 bits per heavy atom. The van der Waals surface area contributed by atoms with Crippen molar-refractivity contribution in [2.45, 2.75) is 57.2 Å². The van der Waals surface area contributed by atoms with Crippen LogP contribution in [0.5, 0.6) is 11.5 Å². The van der Waals surface area contributed by atoms with E-state index in [0.29, 0.717) is 0 Å². The highest BCUT2D eigenvalue weighted by Gasteiger charge is 2.39. The van der Waals surface area contributed by atoms with Crippen molar-refractivity contribution in [1.82, 2.24) is 10.4 Å². The molecule has 1 saturated carbocycles. The Morgan fingerprint density at radius 2 is 1.96 bits per heavy atom. The number of carbonyl (C=O) groups is 1. The lowest BCUT2D eigenvalue weighted by atomic mass is 9.90. The topological polar surface area (TPSA) is 60.0 Å². The van der Waals surface area contributed by atoms with Crippen molar-refractivity contribution in [3.05, 3.63) is 29.8 Å². The van der Waals surface area contributed by atoms with Gasteiger partial charge in [0, 0.05) is 38.4 Å². The summed E-state index contributed by atoms with van der Waals surface area (Å²) in [7, 11) is 1.67. The van der Waals surface area contributed by atoms with E-state index in [2.05, 4.69) is 11.6 Å². The van der Waals surface area contributed by atoms with E-state index in [0.717, 1.165) is 61.5 Å². The molecule has 2 heterocycles. The first-order valence-corrected chi connectivity index (χ1v) is 9.86. The van der Waals surface area contributed by atoms with Gasteiger partial charge in [-0.05, 0) is 50.0 Å². The molecule has 0 unspecified atom stereocenters. The van der Waals surface area contributed by atoms with Crippen LogP contribution in [0.3, 0.4) is 0 Å². The second-order valence-electron chi connectivity index (χ2n) is 7.72. The molecule has 0 atom stereocenters. The monoisotopic (exact) mass is 372 g/mol. The predicted molar refractivity (Wildman–Crippen MR) is 102 cm³/mol. The summed E-state index contributed by atoms with van der Waals surface area (Å²) in [5.41, 5.74) is 4.73. The summed E-state index contributed by atoms with van der Waals surface area (Å²) in [6, 6.07) is 6.00. The number of carbonyl (C=O) groups excluding carboxylic acids is 1. The molecule has 1 amide bonds. The van der Waals surface area contributed by atoms with E-state index in [1.54, 1.807) is 14.0 Å². The Morgan fingerprint density at radius 1 is 1.22 bits per heavy atom. The van der Waals surface area contributed by atoms with Crippen LogP contribution in [-0.2, 0) is 9.63 Å². The van der Waals surface area contributed by atoms with Gasteiger partial charge in [-0.3, -0.25) is 15.1 Å². The van der Waals surface area contributed by atoms with E-state index in [1.165, 1.54) is 12.8 Å². The summed E-state index contributed by atoms with van der Waals surface area (Å²) in [5.74, 6) is 1.68. The fourth-order valence-corrected chi connectivity index (χ4v) is 4.19. The Hall–Kier alpha value is -2.21. The third-order valence-corrected chi connectivity index (χ3v) is 5.90. The molecule has 1 N–H and O–H groups in total. The number of hydrogen-bond acceptors (Lipinski definition) is 5. The van der Waals surface area contributed by atoms with Crippen molar-refractivity contribution >= 4 is 11.6 Å². The molecule has 1 saturated heterocycles. The van der Waals surface area contributed by atoms with Crippen LogP contribution >= 0.6 is 0 Å². The molecule has 6 nitrogen and oxygen atoms in total. The number of amides is 1. The van der Waals surface area contributed by atoms with Crippen LogP contribution in [-0.4, -0.2) is 42.7 Å². The zero-order valence-electron chi connectivity index (χ0n) is 16.1. The van der Waals surface area contributed by atoms with Crippen LogP contribution in [0.15, 0.2) is 24.3 Å². The minimum absolute atomic E-state index is 0.129. The van der Waals surface area contributed by atoms with Gasteiger partial charge in [0.05, 0.1) is 18.9 Å². The molecule has 3 aliphatic rings. The molecule has 2 fully saturated rings. The lowest BCUT2D eigenvalue weighted by Crippen LogP contribution is -2.46. The molecule has 0 bridgehead atoms. The fraction of sp³-hybridized carbons (Fsp3) is 0.571. The number of piperidine rings is 1. The van der Waals surface area contributed by atoms with Gasteiger partial charge in [0.25, 0.3) is 0 Å². The SMILES string of the molecule is COc1ccc(C2=CC3(CCN(C(C)=O)CC3)ON2)cc1OC1CCCC1. The van der Waals surface area contributed by atoms with Crippen LogP contribution < -0.4 is 15.0 Å². The standard InChI is InChI=1S/C21H28N2O4/c1-15(24)23-11-9-21(10-12-23)14-18(22-27-21)16-7-8-19(25-2)20(13-16)26-17-5-3-4-6-17/h7-8,13-14,17,22H,3-6,9-12H2,1-2H3. The van der Waals surface area contributed by atoms with Gasteiger partial charge in [0.15, 0.2) is 11.5 Å². The maximum Gasteiger partial charge on any atom is 0.219 e. The van der Waals surface area contributed by atoms with Gasteiger partial charge in [0.1, 0.15) is 5.60 Å². The number of nitrogens with zero attached hydrogens (tertiary/aromatic N) is 1. The molecule has 1 aromatic carbocycles. The van der Waals surface area contributed by atoms with E-state index in [4.69, 9.17) is 14.3 Å². The molecule has 6 heteroatoms. The van der Waals surface area contributed by atoms with Crippen molar-refractivity contribution in [3.8, 4) is 11.5 Å². The van der Waals surface area contributed by atoms with E-state index in [-0.39, 0.29) is 17.6 Å². The molecular weight excluding hydrogens is 344 g/mol. The molecule has 0 radical (unpaired) electrons. The van der Waals surface area contributed by atoms with E-state index < -0.39 is 0 Å². The highest BCUT2D eigenvalue weighted by Crippen LogP contribution is 2.38. The highest BCUT2D eigenvalue weighted by molar-refractivity contribution is 5.73. The van der Waals surface area contributed by atoms with Gasteiger partial charge in [-0.1, -0.05) is 0 Å². The summed E-state index contributed by atoms with van der Waals surface area (Å²) in [6.07, 6.45) is 8.69. The molecular formula is C21H28N2O4. The van der Waals surface area contributed by atoms with Crippen molar-refractivity contribution in [2.75, 3.05) is 20.2 Å². The molecule has 0 aromatic heterocycles. The molecule has 2 aliphatic heterocycles. The third kappa shape index (κ3) is 3.76. The normalized spacial score (nSPS) is 21.9. The summed E-state index contributed by atoms with van der Waals surface area (Å²) in [4.78, 5) is 19.4. The number of rotatable bonds is 4. The Balaban J connectivity index is 1.52. The van der Waals surface area contributed by atoms with Gasteiger partial charge in [-0.25, -0.2) is 0 Å². The number of ether oxygens (including phenoxy) is 2. The predicted octanol–water partition coefficient (Wildman–Crippen LogP) is 3.27. The summed E-state index contributed by atoms with van der Waals surface area (Å²) >= 11 is 0. The Labute approximate surface area is 160 Å². The quantitative estimate of drug-likeness (QED) is 0.879. The second kappa shape index (κ2) is 7.43. The highest BCUT2D eigenvalue weighted by atomic mass is 16.7. The van der Waals surface area contributed by atoms with Gasteiger partial charge >= 0.3 is 0 Å². The smallest absolute Gasteiger partial charge is 0.219 e. The van der Waals surface area contributed by atoms with E-state index in [9.17, 15) is 4.79 Å². The van der Waals surface area contributed by atoms with E-state index >= 15 is 0 Å². The number of likely N-dealkylation sites (tertiary alicyclic amines) is 1. The van der Waals surface area contributed by atoms with Gasteiger partial charge in [-0.15, -0.1) is 0 Å². The summed E-state index contributed by atoms with van der Waals surface area (Å²) in [6.45, 7) is 3.06. The molecule has 1 spiro atoms. The van der Waals surface area contributed by atoms with Crippen LogP contribution in [0.4, 0.5) is 0 Å². The maximum atomic E-state index is 11.6. The van der Waals surface area contributed by atoms with Crippen LogP contribution in [0.25, 0.3) is 5.70 Å².